The second kappa shape index (κ2) is 10.8. The lowest BCUT2D eigenvalue weighted by atomic mass is 10.1. The monoisotopic (exact) mass is 547 g/mol. The first-order valence-corrected chi connectivity index (χ1v) is 14.6. The predicted octanol–water partition coefficient (Wildman–Crippen LogP) is 3.56. The largest absolute Gasteiger partial charge is 0.444 e. The van der Waals surface area contributed by atoms with E-state index in [2.05, 4.69) is 10.3 Å². The fourth-order valence-corrected chi connectivity index (χ4v) is 8.24. The van der Waals surface area contributed by atoms with Crippen molar-refractivity contribution in [3.63, 3.8) is 0 Å². The van der Waals surface area contributed by atoms with Crippen LogP contribution in [0.3, 0.4) is 0 Å². The Balaban J connectivity index is 1.60. The number of alkyl carbamates (subject to hydrolysis) is 1. The van der Waals surface area contributed by atoms with E-state index in [0.717, 1.165) is 11.1 Å². The highest BCUT2D eigenvalue weighted by Crippen LogP contribution is 2.39. The maximum absolute atomic E-state index is 13.4. The second-order valence-electron chi connectivity index (χ2n) is 10.2. The molecule has 4 rings (SSSR count). The van der Waals surface area contributed by atoms with Crippen LogP contribution in [0.25, 0.3) is 0 Å². The first-order chi connectivity index (χ1) is 17.4. The van der Waals surface area contributed by atoms with E-state index >= 15 is 0 Å². The number of aliphatic imine (C=N–C) groups is 1. The third-order valence-electron chi connectivity index (χ3n) is 5.92. The van der Waals surface area contributed by atoms with Crippen LogP contribution in [0, 0.1) is 5.82 Å². The number of fused-ring (bicyclic) bond motifs is 1. The van der Waals surface area contributed by atoms with Gasteiger partial charge in [-0.05, 0) is 44.0 Å². The van der Waals surface area contributed by atoms with Crippen LogP contribution in [0.15, 0.2) is 59.6 Å². The van der Waals surface area contributed by atoms with Crippen LogP contribution in [0.1, 0.15) is 31.9 Å². The van der Waals surface area contributed by atoms with Crippen molar-refractivity contribution >= 4 is 38.8 Å². The standard InChI is InChI=1S/C26H30FN3O5S2/c1-26(2,3)35-25(32)28-20(13-17-7-5-4-6-8-17)23(31)29-24-30(14-18-9-11-19(27)12-10-18)21-15-37(33,34)16-22(21)36-24/h4-12,20-22H,13-16H2,1-3H3,(H,28,32). The normalized spacial score (nSPS) is 22.5. The molecule has 0 aromatic heterocycles. The lowest BCUT2D eigenvalue weighted by Crippen LogP contribution is -2.45. The van der Waals surface area contributed by atoms with Crippen LogP contribution < -0.4 is 5.32 Å². The van der Waals surface area contributed by atoms with E-state index in [1.54, 1.807) is 37.8 Å². The zero-order valence-electron chi connectivity index (χ0n) is 20.9. The average Bonchev–Trinajstić information content (AvgIpc) is 3.25. The number of amidine groups is 1. The summed E-state index contributed by atoms with van der Waals surface area (Å²) in [6.07, 6.45) is -0.522. The van der Waals surface area contributed by atoms with Crippen molar-refractivity contribution in [3.8, 4) is 0 Å². The topological polar surface area (TPSA) is 105 Å². The summed E-state index contributed by atoms with van der Waals surface area (Å²) < 4.78 is 43.4. The summed E-state index contributed by atoms with van der Waals surface area (Å²) in [4.78, 5) is 32.1. The molecule has 11 heteroatoms. The SMILES string of the molecule is CC(C)(C)OC(=O)NC(Cc1ccccc1)C(=O)N=C1SC2CS(=O)(=O)CC2N1Cc1ccc(F)cc1. The summed E-state index contributed by atoms with van der Waals surface area (Å²) >= 11 is 1.25. The van der Waals surface area contributed by atoms with Gasteiger partial charge in [-0.1, -0.05) is 54.2 Å². The summed E-state index contributed by atoms with van der Waals surface area (Å²) in [6.45, 7) is 5.47. The minimum absolute atomic E-state index is 0.000928. The van der Waals surface area contributed by atoms with E-state index in [1.807, 2.05) is 30.3 Å². The number of hydrogen-bond donors (Lipinski definition) is 1. The first-order valence-electron chi connectivity index (χ1n) is 11.9. The van der Waals surface area contributed by atoms with Crippen molar-refractivity contribution in [2.75, 3.05) is 11.5 Å². The van der Waals surface area contributed by atoms with E-state index in [9.17, 15) is 22.4 Å². The Bertz CT molecular complexity index is 1280. The zero-order chi connectivity index (χ0) is 26.8. The Morgan fingerprint density at radius 1 is 1.11 bits per heavy atom. The Kier molecular flexibility index (Phi) is 7.94. The smallest absolute Gasteiger partial charge is 0.408 e. The lowest BCUT2D eigenvalue weighted by molar-refractivity contribution is -0.119. The molecule has 3 unspecified atom stereocenters. The van der Waals surface area contributed by atoms with Gasteiger partial charge in [0.15, 0.2) is 15.0 Å². The molecule has 8 nitrogen and oxygen atoms in total. The minimum Gasteiger partial charge on any atom is -0.444 e. The molecule has 3 atom stereocenters. The molecule has 2 aliphatic rings. The molecule has 2 heterocycles. The maximum atomic E-state index is 13.4. The van der Waals surface area contributed by atoms with Crippen LogP contribution in [-0.4, -0.2) is 64.9 Å². The highest BCUT2D eigenvalue weighted by molar-refractivity contribution is 8.15. The van der Waals surface area contributed by atoms with Crippen molar-refractivity contribution in [3.05, 3.63) is 71.5 Å². The number of nitrogens with one attached hydrogen (secondary N) is 1. The molecule has 0 saturated carbocycles. The summed E-state index contributed by atoms with van der Waals surface area (Å²) in [7, 11) is -3.22. The van der Waals surface area contributed by atoms with Crippen LogP contribution in [-0.2, 0) is 32.3 Å². The Labute approximate surface area is 220 Å². The van der Waals surface area contributed by atoms with Crippen LogP contribution in [0.2, 0.25) is 0 Å². The molecule has 2 amide bonds. The summed E-state index contributed by atoms with van der Waals surface area (Å²) in [5.74, 6) is -0.979. The summed E-state index contributed by atoms with van der Waals surface area (Å²) in [5.41, 5.74) is 0.856. The molecule has 2 fully saturated rings. The molecule has 198 valence electrons. The van der Waals surface area contributed by atoms with Gasteiger partial charge in [0.05, 0.1) is 17.5 Å². The Morgan fingerprint density at radius 3 is 2.43 bits per heavy atom. The fourth-order valence-electron chi connectivity index (χ4n) is 4.28. The van der Waals surface area contributed by atoms with E-state index < -0.39 is 33.5 Å². The van der Waals surface area contributed by atoms with Crippen molar-refractivity contribution < 1.29 is 27.1 Å². The van der Waals surface area contributed by atoms with Crippen molar-refractivity contribution in [2.24, 2.45) is 4.99 Å². The second-order valence-corrected chi connectivity index (χ2v) is 13.5. The van der Waals surface area contributed by atoms with Gasteiger partial charge in [-0.15, -0.1) is 0 Å². The van der Waals surface area contributed by atoms with Gasteiger partial charge >= 0.3 is 6.09 Å². The maximum Gasteiger partial charge on any atom is 0.408 e. The van der Waals surface area contributed by atoms with E-state index in [1.165, 1.54) is 23.9 Å². The number of thioether (sulfide) groups is 1. The number of halogens is 1. The number of carbonyl (C=O) groups is 2. The van der Waals surface area contributed by atoms with E-state index in [4.69, 9.17) is 4.74 Å². The number of ether oxygens (including phenoxy) is 1. The van der Waals surface area contributed by atoms with Gasteiger partial charge < -0.3 is 15.0 Å². The molecule has 37 heavy (non-hydrogen) atoms. The predicted molar refractivity (Wildman–Crippen MR) is 142 cm³/mol. The molecule has 2 saturated heterocycles. The highest BCUT2D eigenvalue weighted by Gasteiger charge is 2.49. The summed E-state index contributed by atoms with van der Waals surface area (Å²) in [6, 6.07) is 13.8. The molecule has 0 spiro atoms. The van der Waals surface area contributed by atoms with Crippen LogP contribution in [0.4, 0.5) is 9.18 Å². The van der Waals surface area contributed by atoms with Crippen LogP contribution in [0.5, 0.6) is 0 Å². The molecule has 0 aliphatic carbocycles. The molecule has 2 aromatic rings. The molecular formula is C26H30FN3O5S2. The number of benzene rings is 2. The Hall–Kier alpha value is -2.92. The number of amides is 2. The number of hydrogen-bond acceptors (Lipinski definition) is 6. The molecule has 2 aliphatic heterocycles. The van der Waals surface area contributed by atoms with Crippen LogP contribution >= 0.6 is 11.8 Å². The third kappa shape index (κ3) is 7.32. The van der Waals surface area contributed by atoms with Gasteiger partial charge in [-0.3, -0.25) is 4.79 Å². The van der Waals surface area contributed by atoms with Gasteiger partial charge in [0.1, 0.15) is 17.5 Å². The van der Waals surface area contributed by atoms with Gasteiger partial charge in [-0.2, -0.15) is 4.99 Å². The van der Waals surface area contributed by atoms with Crippen molar-refractivity contribution in [1.82, 2.24) is 10.2 Å². The molecule has 1 N–H and O–H groups in total. The van der Waals surface area contributed by atoms with Crippen molar-refractivity contribution in [2.45, 2.75) is 56.7 Å². The summed E-state index contributed by atoms with van der Waals surface area (Å²) in [5, 5.41) is 2.78. The fraction of sp³-hybridized carbons (Fsp3) is 0.423. The Morgan fingerprint density at radius 2 is 1.78 bits per heavy atom. The molecule has 2 aromatic carbocycles. The third-order valence-corrected chi connectivity index (χ3v) is 9.17. The quantitative estimate of drug-likeness (QED) is 0.590. The molecule has 0 bridgehead atoms. The van der Waals surface area contributed by atoms with Gasteiger partial charge in [0.2, 0.25) is 0 Å². The zero-order valence-corrected chi connectivity index (χ0v) is 22.5. The molecule has 0 radical (unpaired) electrons. The number of rotatable bonds is 6. The minimum atomic E-state index is -3.22. The highest BCUT2D eigenvalue weighted by atomic mass is 32.2. The molecular weight excluding hydrogens is 517 g/mol. The van der Waals surface area contributed by atoms with Gasteiger partial charge in [0, 0.05) is 18.2 Å². The average molecular weight is 548 g/mol. The van der Waals surface area contributed by atoms with Crippen molar-refractivity contribution in [1.29, 1.82) is 0 Å². The van der Waals surface area contributed by atoms with E-state index in [0.29, 0.717) is 5.17 Å². The number of nitrogens with zero attached hydrogens (tertiary/aromatic N) is 2. The number of sulfone groups is 1. The number of carbonyl (C=O) groups excluding carboxylic acids is 2. The van der Waals surface area contributed by atoms with Gasteiger partial charge in [-0.25, -0.2) is 17.6 Å². The van der Waals surface area contributed by atoms with E-state index in [-0.39, 0.29) is 41.6 Å². The first kappa shape index (κ1) is 27.1. The lowest BCUT2D eigenvalue weighted by Gasteiger charge is -2.25. The van der Waals surface area contributed by atoms with Gasteiger partial charge in [0.25, 0.3) is 5.91 Å².